The van der Waals surface area contributed by atoms with Crippen molar-refractivity contribution in [1.82, 2.24) is 20.1 Å². The van der Waals surface area contributed by atoms with Crippen molar-refractivity contribution in [2.75, 3.05) is 13.2 Å². The van der Waals surface area contributed by atoms with E-state index >= 15 is 0 Å². The molecule has 1 N–H and O–H groups in total. The van der Waals surface area contributed by atoms with Gasteiger partial charge in [-0.1, -0.05) is 0 Å². The first-order valence-electron chi connectivity index (χ1n) is 7.08. The molecular weight excluding hydrogens is 268 g/mol. The monoisotopic (exact) mass is 288 g/mol. The molecule has 2 aromatic rings. The molecule has 6 nitrogen and oxygen atoms in total. The van der Waals surface area contributed by atoms with Crippen LogP contribution in [0.3, 0.4) is 0 Å². The summed E-state index contributed by atoms with van der Waals surface area (Å²) in [7, 11) is 1.87. The van der Waals surface area contributed by atoms with Crippen LogP contribution in [-0.2, 0) is 18.3 Å². The predicted octanol–water partition coefficient (Wildman–Crippen LogP) is 1.06. The van der Waals surface area contributed by atoms with Crippen molar-refractivity contribution in [3.63, 3.8) is 0 Å². The van der Waals surface area contributed by atoms with E-state index in [2.05, 4.69) is 22.3 Å². The van der Waals surface area contributed by atoms with Gasteiger partial charge in [0.1, 0.15) is 6.10 Å². The summed E-state index contributed by atoms with van der Waals surface area (Å²) < 4.78 is 13.2. The van der Waals surface area contributed by atoms with Gasteiger partial charge in [-0.2, -0.15) is 5.10 Å². The van der Waals surface area contributed by atoms with E-state index in [1.807, 2.05) is 31.7 Å². The Bertz CT molecular complexity index is 599. The van der Waals surface area contributed by atoms with Gasteiger partial charge >= 0.3 is 0 Å². The summed E-state index contributed by atoms with van der Waals surface area (Å²) in [4.78, 5) is 4.11. The fourth-order valence-electron chi connectivity index (χ4n) is 2.42. The Morgan fingerprint density at radius 3 is 3.10 bits per heavy atom. The number of aromatic nitrogens is 3. The fourth-order valence-corrected chi connectivity index (χ4v) is 2.42. The second kappa shape index (κ2) is 6.24. The van der Waals surface area contributed by atoms with Crippen molar-refractivity contribution >= 4 is 0 Å². The lowest BCUT2D eigenvalue weighted by Gasteiger charge is -2.20. The molecule has 112 valence electrons. The lowest BCUT2D eigenvalue weighted by atomic mass is 10.1. The van der Waals surface area contributed by atoms with E-state index in [-0.39, 0.29) is 12.1 Å². The van der Waals surface area contributed by atoms with Crippen molar-refractivity contribution < 1.29 is 9.47 Å². The van der Waals surface area contributed by atoms with E-state index in [4.69, 9.17) is 9.47 Å². The maximum absolute atomic E-state index is 5.94. The fraction of sp³-hybridized carbons (Fsp3) is 0.467. The molecule has 21 heavy (non-hydrogen) atoms. The number of aryl methyl sites for hydroxylation is 2. The van der Waals surface area contributed by atoms with Gasteiger partial charge in [0, 0.05) is 26.0 Å². The van der Waals surface area contributed by atoms with E-state index in [1.165, 1.54) is 11.1 Å². The van der Waals surface area contributed by atoms with Crippen molar-refractivity contribution in [1.29, 1.82) is 0 Å². The number of ether oxygens (including phenoxy) is 2. The molecule has 1 saturated heterocycles. The highest BCUT2D eigenvalue weighted by molar-refractivity contribution is 5.21. The number of hydrogen-bond acceptors (Lipinski definition) is 5. The van der Waals surface area contributed by atoms with Gasteiger partial charge in [0.2, 0.25) is 0 Å². The molecule has 3 heterocycles. The average molecular weight is 288 g/mol. The van der Waals surface area contributed by atoms with Gasteiger partial charge in [-0.3, -0.25) is 9.67 Å². The highest BCUT2D eigenvalue weighted by Crippen LogP contribution is 2.17. The van der Waals surface area contributed by atoms with Gasteiger partial charge < -0.3 is 14.8 Å². The Morgan fingerprint density at radius 2 is 2.33 bits per heavy atom. The Hall–Kier alpha value is -1.92. The van der Waals surface area contributed by atoms with Crippen LogP contribution in [0.2, 0.25) is 0 Å². The molecule has 0 unspecified atom stereocenters. The largest absolute Gasteiger partial charge is 0.483 e. The van der Waals surface area contributed by atoms with Gasteiger partial charge in [0.15, 0.2) is 5.75 Å². The summed E-state index contributed by atoms with van der Waals surface area (Å²) in [5.74, 6) is 0.778. The normalized spacial score (nSPS) is 21.6. The first-order chi connectivity index (χ1) is 10.2. The van der Waals surface area contributed by atoms with Crippen molar-refractivity contribution in [3.05, 3.63) is 42.0 Å². The van der Waals surface area contributed by atoms with E-state index in [1.54, 1.807) is 10.9 Å². The molecule has 3 rings (SSSR count). The Labute approximate surface area is 124 Å². The van der Waals surface area contributed by atoms with Crippen molar-refractivity contribution in [3.8, 4) is 5.75 Å². The third kappa shape index (κ3) is 3.40. The third-order valence-electron chi connectivity index (χ3n) is 3.69. The maximum atomic E-state index is 5.94. The van der Waals surface area contributed by atoms with Crippen molar-refractivity contribution in [2.24, 2.45) is 7.05 Å². The van der Waals surface area contributed by atoms with Gasteiger partial charge in [-0.15, -0.1) is 0 Å². The quantitative estimate of drug-likeness (QED) is 0.891. The van der Waals surface area contributed by atoms with Gasteiger partial charge in [-0.25, -0.2) is 0 Å². The smallest absolute Gasteiger partial charge is 0.157 e. The molecule has 2 atom stereocenters. The maximum Gasteiger partial charge on any atom is 0.157 e. The second-order valence-electron chi connectivity index (χ2n) is 5.33. The number of nitrogens with one attached hydrogen (secondary N) is 1. The topological polar surface area (TPSA) is 61.2 Å². The molecule has 1 aliphatic heterocycles. The standard InChI is InChI=1S/C15H20N4O2/c1-11-5-16-4-3-12(11)6-17-14-9-20-10-15(14)21-13-7-18-19(2)8-13/h3-5,7-8,14-15,17H,6,9-10H2,1-2H3/t14-,15+/m0/s1. The number of nitrogens with zero attached hydrogens (tertiary/aromatic N) is 3. The van der Waals surface area contributed by atoms with Crippen LogP contribution in [0, 0.1) is 6.92 Å². The van der Waals surface area contributed by atoms with Crippen LogP contribution in [0.25, 0.3) is 0 Å². The van der Waals surface area contributed by atoms with Gasteiger partial charge in [-0.05, 0) is 24.1 Å². The highest BCUT2D eigenvalue weighted by Gasteiger charge is 2.30. The van der Waals surface area contributed by atoms with Gasteiger partial charge in [0.25, 0.3) is 0 Å². The molecule has 6 heteroatoms. The summed E-state index contributed by atoms with van der Waals surface area (Å²) in [5, 5.41) is 7.62. The van der Waals surface area contributed by atoms with E-state index in [9.17, 15) is 0 Å². The zero-order valence-corrected chi connectivity index (χ0v) is 12.3. The van der Waals surface area contributed by atoms with Crippen LogP contribution >= 0.6 is 0 Å². The molecule has 0 bridgehead atoms. The molecule has 0 aromatic carbocycles. The number of rotatable bonds is 5. The third-order valence-corrected chi connectivity index (χ3v) is 3.69. The molecule has 0 saturated carbocycles. The minimum atomic E-state index is 0.0105. The highest BCUT2D eigenvalue weighted by atomic mass is 16.5. The number of pyridine rings is 1. The minimum Gasteiger partial charge on any atom is -0.483 e. The SMILES string of the molecule is Cc1cnccc1CN[C@H]1COC[C@H]1Oc1cnn(C)c1. The summed E-state index contributed by atoms with van der Waals surface area (Å²) in [6.45, 7) is 4.12. The molecule has 0 spiro atoms. The van der Waals surface area contributed by atoms with E-state index < -0.39 is 0 Å². The molecule has 0 amide bonds. The predicted molar refractivity (Wildman–Crippen MR) is 78.0 cm³/mol. The average Bonchev–Trinajstić information content (AvgIpc) is 3.08. The zero-order valence-electron chi connectivity index (χ0n) is 12.3. The summed E-state index contributed by atoms with van der Waals surface area (Å²) in [5.41, 5.74) is 2.44. The van der Waals surface area contributed by atoms with E-state index in [0.29, 0.717) is 13.2 Å². The molecule has 2 aromatic heterocycles. The summed E-state index contributed by atoms with van der Waals surface area (Å²) in [6.07, 6.45) is 7.30. The van der Waals surface area contributed by atoms with E-state index in [0.717, 1.165) is 12.3 Å². The first kappa shape index (κ1) is 14.0. The van der Waals surface area contributed by atoms with Crippen molar-refractivity contribution in [2.45, 2.75) is 25.6 Å². The van der Waals surface area contributed by atoms with Crippen LogP contribution in [0.1, 0.15) is 11.1 Å². The summed E-state index contributed by atoms with van der Waals surface area (Å²) in [6, 6.07) is 2.22. The van der Waals surface area contributed by atoms with Crippen LogP contribution in [-0.4, -0.2) is 40.1 Å². The van der Waals surface area contributed by atoms with Gasteiger partial charge in [0.05, 0.1) is 31.6 Å². The Balaban J connectivity index is 1.58. The molecular formula is C15H20N4O2. The molecule has 0 aliphatic carbocycles. The van der Waals surface area contributed by atoms with Crippen LogP contribution in [0.5, 0.6) is 5.75 Å². The number of hydrogen-bond donors (Lipinski definition) is 1. The van der Waals surface area contributed by atoms with Crippen LogP contribution in [0.4, 0.5) is 0 Å². The molecule has 1 aliphatic rings. The van der Waals surface area contributed by atoms with Crippen LogP contribution in [0.15, 0.2) is 30.9 Å². The lowest BCUT2D eigenvalue weighted by Crippen LogP contribution is -2.41. The zero-order chi connectivity index (χ0) is 14.7. The minimum absolute atomic E-state index is 0.0105. The Kier molecular flexibility index (Phi) is 4.17. The molecule has 1 fully saturated rings. The Morgan fingerprint density at radius 1 is 1.43 bits per heavy atom. The molecule has 0 radical (unpaired) electrons. The second-order valence-corrected chi connectivity index (χ2v) is 5.33. The first-order valence-corrected chi connectivity index (χ1v) is 7.08. The summed E-state index contributed by atoms with van der Waals surface area (Å²) >= 11 is 0. The van der Waals surface area contributed by atoms with Crippen LogP contribution < -0.4 is 10.1 Å². The lowest BCUT2D eigenvalue weighted by molar-refractivity contribution is 0.139.